The monoisotopic (exact) mass is 371 g/mol. The highest BCUT2D eigenvalue weighted by Gasteiger charge is 2.29. The lowest BCUT2D eigenvalue weighted by molar-refractivity contribution is -0.0328. The van der Waals surface area contributed by atoms with E-state index in [1.54, 1.807) is 0 Å². The summed E-state index contributed by atoms with van der Waals surface area (Å²) in [6, 6.07) is 7.38. The molecule has 1 amide bonds. The minimum absolute atomic E-state index is 0.0574. The lowest BCUT2D eigenvalue weighted by Crippen LogP contribution is -2.30. The van der Waals surface area contributed by atoms with Crippen molar-refractivity contribution in [3.05, 3.63) is 47.3 Å². The van der Waals surface area contributed by atoms with Gasteiger partial charge in [0.2, 0.25) is 0 Å². The molecule has 2 aromatic rings. The summed E-state index contributed by atoms with van der Waals surface area (Å²) < 4.78 is 38.8. The molecular weight excluding hydrogens is 351 g/mol. The maximum atomic E-state index is 12.3. The first-order valence-electron chi connectivity index (χ1n) is 7.79. The Hall–Kier alpha value is -1.96. The second kappa shape index (κ2) is 7.95. The van der Waals surface area contributed by atoms with E-state index in [2.05, 4.69) is 10.4 Å². The third kappa shape index (κ3) is 6.12. The van der Waals surface area contributed by atoms with Crippen molar-refractivity contribution in [3.63, 3.8) is 0 Å². The molecule has 8 heteroatoms. The summed E-state index contributed by atoms with van der Waals surface area (Å²) in [5, 5.41) is 7.19. The molecule has 25 heavy (non-hydrogen) atoms. The Balaban J connectivity index is 1.86. The molecule has 0 spiro atoms. The van der Waals surface area contributed by atoms with Gasteiger partial charge >= 0.3 is 5.51 Å². The SMILES string of the molecule is Cc1cc(C)n(C[C@H](C)CNC(=O)c2ccc(SC(F)(F)F)cc2)n1. The summed E-state index contributed by atoms with van der Waals surface area (Å²) in [7, 11) is 0. The fourth-order valence-electron chi connectivity index (χ4n) is 2.40. The minimum Gasteiger partial charge on any atom is -0.352 e. The van der Waals surface area contributed by atoms with Gasteiger partial charge in [0.15, 0.2) is 0 Å². The van der Waals surface area contributed by atoms with E-state index in [1.807, 2.05) is 31.5 Å². The Morgan fingerprint density at radius 2 is 1.92 bits per heavy atom. The van der Waals surface area contributed by atoms with Crippen LogP contribution in [0, 0.1) is 19.8 Å². The summed E-state index contributed by atoms with van der Waals surface area (Å²) in [6.07, 6.45) is 0. The van der Waals surface area contributed by atoms with Gasteiger partial charge < -0.3 is 5.32 Å². The first-order chi connectivity index (χ1) is 11.6. The Bertz CT molecular complexity index is 726. The number of rotatable bonds is 6. The van der Waals surface area contributed by atoms with Gasteiger partial charge in [-0.15, -0.1) is 0 Å². The average Bonchev–Trinajstić information content (AvgIpc) is 2.81. The van der Waals surface area contributed by atoms with Crippen LogP contribution in [-0.4, -0.2) is 27.7 Å². The van der Waals surface area contributed by atoms with E-state index < -0.39 is 5.51 Å². The van der Waals surface area contributed by atoms with Crippen molar-refractivity contribution in [2.45, 2.75) is 37.7 Å². The number of carbonyl (C=O) groups excluding carboxylic acids is 1. The number of carbonyl (C=O) groups is 1. The van der Waals surface area contributed by atoms with Gasteiger partial charge in [-0.25, -0.2) is 0 Å². The number of halogens is 3. The van der Waals surface area contributed by atoms with Crippen molar-refractivity contribution in [3.8, 4) is 0 Å². The number of alkyl halides is 3. The molecule has 0 radical (unpaired) electrons. The quantitative estimate of drug-likeness (QED) is 0.775. The second-order valence-corrected chi connectivity index (χ2v) is 7.14. The molecular formula is C17H20F3N3OS. The molecule has 4 nitrogen and oxygen atoms in total. The summed E-state index contributed by atoms with van der Waals surface area (Å²) in [5.74, 6) is -0.134. The Labute approximate surface area is 148 Å². The topological polar surface area (TPSA) is 46.9 Å². The molecule has 1 atom stereocenters. The van der Waals surface area contributed by atoms with Crippen LogP contribution in [0.25, 0.3) is 0 Å². The molecule has 2 rings (SSSR count). The molecule has 0 saturated carbocycles. The normalized spacial score (nSPS) is 12.9. The highest BCUT2D eigenvalue weighted by Crippen LogP contribution is 2.36. The Kier molecular flexibility index (Phi) is 6.16. The number of nitrogens with zero attached hydrogens (tertiary/aromatic N) is 2. The molecule has 0 aliphatic heterocycles. The molecule has 1 N–H and O–H groups in total. The van der Waals surface area contributed by atoms with Crippen LogP contribution in [0.15, 0.2) is 35.2 Å². The molecule has 1 heterocycles. The fraction of sp³-hybridized carbons (Fsp3) is 0.412. The minimum atomic E-state index is -4.33. The maximum Gasteiger partial charge on any atom is 0.446 e. The van der Waals surface area contributed by atoms with Crippen molar-refractivity contribution in [1.29, 1.82) is 0 Å². The van der Waals surface area contributed by atoms with Crippen molar-refractivity contribution in [2.24, 2.45) is 5.92 Å². The van der Waals surface area contributed by atoms with Crippen molar-refractivity contribution in [1.82, 2.24) is 15.1 Å². The van der Waals surface area contributed by atoms with Gasteiger partial charge in [-0.3, -0.25) is 9.48 Å². The Morgan fingerprint density at radius 3 is 2.44 bits per heavy atom. The van der Waals surface area contributed by atoms with E-state index in [4.69, 9.17) is 0 Å². The number of aryl methyl sites for hydroxylation is 2. The van der Waals surface area contributed by atoms with Gasteiger partial charge in [0.25, 0.3) is 5.91 Å². The fourth-order valence-corrected chi connectivity index (χ4v) is 2.94. The van der Waals surface area contributed by atoms with Crippen LogP contribution in [0.4, 0.5) is 13.2 Å². The summed E-state index contributed by atoms with van der Waals surface area (Å²) in [4.78, 5) is 12.2. The van der Waals surface area contributed by atoms with Crippen LogP contribution >= 0.6 is 11.8 Å². The van der Waals surface area contributed by atoms with Crippen LogP contribution in [0.1, 0.15) is 28.7 Å². The first kappa shape index (κ1) is 19.4. The van der Waals surface area contributed by atoms with Crippen molar-refractivity contribution >= 4 is 17.7 Å². The van der Waals surface area contributed by atoms with E-state index >= 15 is 0 Å². The lowest BCUT2D eigenvalue weighted by atomic mass is 10.1. The highest BCUT2D eigenvalue weighted by molar-refractivity contribution is 8.00. The summed E-state index contributed by atoms with van der Waals surface area (Å²) in [6.45, 7) is 7.04. The van der Waals surface area contributed by atoms with Crippen LogP contribution in [0.3, 0.4) is 0 Å². The molecule has 0 bridgehead atoms. The van der Waals surface area contributed by atoms with Gasteiger partial charge in [-0.1, -0.05) is 6.92 Å². The molecule has 1 aromatic carbocycles. The van der Waals surface area contributed by atoms with E-state index in [1.165, 1.54) is 24.3 Å². The van der Waals surface area contributed by atoms with E-state index in [-0.39, 0.29) is 28.5 Å². The van der Waals surface area contributed by atoms with Gasteiger partial charge in [0, 0.05) is 29.2 Å². The zero-order valence-corrected chi connectivity index (χ0v) is 15.0. The van der Waals surface area contributed by atoms with Crippen LogP contribution < -0.4 is 5.32 Å². The third-order valence-corrected chi connectivity index (χ3v) is 4.29. The largest absolute Gasteiger partial charge is 0.446 e. The predicted molar refractivity (Wildman–Crippen MR) is 91.6 cm³/mol. The Morgan fingerprint density at radius 1 is 1.28 bits per heavy atom. The number of amides is 1. The molecule has 1 aromatic heterocycles. The van der Waals surface area contributed by atoms with Gasteiger partial charge in [0.1, 0.15) is 0 Å². The number of hydrogen-bond acceptors (Lipinski definition) is 3. The second-order valence-electron chi connectivity index (χ2n) is 6.00. The van der Waals surface area contributed by atoms with Crippen LogP contribution in [0.2, 0.25) is 0 Å². The molecule has 0 aliphatic rings. The van der Waals surface area contributed by atoms with Gasteiger partial charge in [-0.2, -0.15) is 18.3 Å². The maximum absolute atomic E-state index is 12.3. The van der Waals surface area contributed by atoms with Crippen molar-refractivity contribution in [2.75, 3.05) is 6.54 Å². The molecule has 0 aliphatic carbocycles. The number of thioether (sulfide) groups is 1. The standard InChI is InChI=1S/C17H20F3N3OS/c1-11(10-23-13(3)8-12(2)22-23)9-21-16(24)14-4-6-15(7-5-14)25-17(18,19)20/h4-8,11H,9-10H2,1-3H3,(H,21,24)/t11-/m1/s1. The van der Waals surface area contributed by atoms with Crippen molar-refractivity contribution < 1.29 is 18.0 Å². The van der Waals surface area contributed by atoms with E-state index in [9.17, 15) is 18.0 Å². The molecule has 0 fully saturated rings. The molecule has 0 unspecified atom stereocenters. The number of aromatic nitrogens is 2. The smallest absolute Gasteiger partial charge is 0.352 e. The van der Waals surface area contributed by atoms with Crippen LogP contribution in [-0.2, 0) is 6.54 Å². The number of hydrogen-bond donors (Lipinski definition) is 1. The zero-order chi connectivity index (χ0) is 18.6. The van der Waals surface area contributed by atoms with E-state index in [0.29, 0.717) is 18.7 Å². The lowest BCUT2D eigenvalue weighted by Gasteiger charge is -2.14. The predicted octanol–water partition coefficient (Wildman–Crippen LogP) is 4.18. The zero-order valence-electron chi connectivity index (χ0n) is 14.2. The molecule has 0 saturated heterocycles. The number of benzene rings is 1. The highest BCUT2D eigenvalue weighted by atomic mass is 32.2. The number of nitrogens with one attached hydrogen (secondary N) is 1. The summed E-state index contributed by atoms with van der Waals surface area (Å²) >= 11 is -0.197. The van der Waals surface area contributed by atoms with Gasteiger partial charge in [-0.05, 0) is 61.9 Å². The van der Waals surface area contributed by atoms with E-state index in [0.717, 1.165) is 11.4 Å². The van der Waals surface area contributed by atoms with Crippen LogP contribution in [0.5, 0.6) is 0 Å². The third-order valence-electron chi connectivity index (χ3n) is 3.55. The summed E-state index contributed by atoms with van der Waals surface area (Å²) in [5.41, 5.74) is -1.98. The molecule has 136 valence electrons. The average molecular weight is 371 g/mol. The van der Waals surface area contributed by atoms with Gasteiger partial charge in [0.05, 0.1) is 5.69 Å². The first-order valence-corrected chi connectivity index (χ1v) is 8.61.